The zero-order valence-electron chi connectivity index (χ0n) is 11.0. The molecule has 1 N–H and O–H groups in total. The Morgan fingerprint density at radius 3 is 2.84 bits per heavy atom. The van der Waals surface area contributed by atoms with E-state index in [1.165, 1.54) is 0 Å². The largest absolute Gasteiger partial charge is 0.481 e. The Bertz CT molecular complexity index is 512. The summed E-state index contributed by atoms with van der Waals surface area (Å²) in [5, 5.41) is 8.71. The van der Waals surface area contributed by atoms with E-state index in [-0.39, 0.29) is 6.42 Å². The van der Waals surface area contributed by atoms with Crippen LogP contribution < -0.4 is 4.90 Å². The quantitative estimate of drug-likeness (QED) is 0.909. The summed E-state index contributed by atoms with van der Waals surface area (Å²) in [5.41, 5.74) is 2.90. The predicted molar refractivity (Wildman–Crippen MR) is 70.4 cm³/mol. The number of carbonyl (C=O) groups excluding carboxylic acids is 1. The first-order valence-electron chi connectivity index (χ1n) is 6.24. The van der Waals surface area contributed by atoms with Crippen LogP contribution in [0.4, 0.5) is 10.5 Å². The minimum atomic E-state index is -0.946. The van der Waals surface area contributed by atoms with Crippen molar-refractivity contribution in [2.75, 3.05) is 11.4 Å². The van der Waals surface area contributed by atoms with Crippen molar-refractivity contribution in [1.29, 1.82) is 0 Å². The summed E-state index contributed by atoms with van der Waals surface area (Å²) in [4.78, 5) is 24.2. The number of benzene rings is 1. The minimum absolute atomic E-state index is 0.133. The summed E-state index contributed by atoms with van der Waals surface area (Å²) in [6.07, 6.45) is -0.588. The molecular weight excluding hydrogens is 246 g/mol. The number of hydrogen-bond acceptors (Lipinski definition) is 3. The molecule has 0 spiro atoms. The minimum Gasteiger partial charge on any atom is -0.481 e. The number of anilines is 1. The molecule has 0 aliphatic carbocycles. The lowest BCUT2D eigenvalue weighted by Crippen LogP contribution is -2.43. The molecule has 1 amide bonds. The molecule has 0 saturated carbocycles. The lowest BCUT2D eigenvalue weighted by molar-refractivity contribution is -0.139. The molecule has 5 heteroatoms. The zero-order valence-corrected chi connectivity index (χ0v) is 11.0. The fourth-order valence-corrected chi connectivity index (χ4v) is 2.20. The van der Waals surface area contributed by atoms with Crippen molar-refractivity contribution in [3.8, 4) is 0 Å². The summed E-state index contributed by atoms with van der Waals surface area (Å²) in [6, 6.07) is 5.89. The molecule has 1 atom stereocenters. The van der Waals surface area contributed by atoms with Gasteiger partial charge in [-0.25, -0.2) is 4.79 Å². The molecule has 0 aromatic heterocycles. The first-order chi connectivity index (χ1) is 8.97. The lowest BCUT2D eigenvalue weighted by atomic mass is 10.1. The molecule has 1 unspecified atom stereocenters. The van der Waals surface area contributed by atoms with Gasteiger partial charge in [-0.15, -0.1) is 0 Å². The Morgan fingerprint density at radius 2 is 2.21 bits per heavy atom. The third-order valence-electron chi connectivity index (χ3n) is 3.22. The van der Waals surface area contributed by atoms with Crippen LogP contribution in [-0.4, -0.2) is 29.8 Å². The number of hydrogen-bond donors (Lipinski definition) is 1. The van der Waals surface area contributed by atoms with Crippen LogP contribution in [0.2, 0.25) is 0 Å². The second-order valence-corrected chi connectivity index (χ2v) is 4.83. The van der Waals surface area contributed by atoms with Crippen LogP contribution in [0.5, 0.6) is 0 Å². The number of carboxylic acids is 1. The van der Waals surface area contributed by atoms with Crippen LogP contribution in [0, 0.1) is 13.8 Å². The van der Waals surface area contributed by atoms with E-state index in [9.17, 15) is 9.59 Å². The summed E-state index contributed by atoms with van der Waals surface area (Å²) in [5.74, 6) is -0.946. The number of amides is 1. The first-order valence-corrected chi connectivity index (χ1v) is 6.24. The van der Waals surface area contributed by atoms with E-state index in [2.05, 4.69) is 0 Å². The van der Waals surface area contributed by atoms with Gasteiger partial charge in [-0.05, 0) is 31.0 Å². The normalized spacial score (nSPS) is 19.2. The maximum Gasteiger partial charge on any atom is 0.414 e. The van der Waals surface area contributed by atoms with Crippen LogP contribution in [0.25, 0.3) is 0 Å². The third kappa shape index (κ3) is 3.05. The van der Waals surface area contributed by atoms with Gasteiger partial charge < -0.3 is 9.84 Å². The van der Waals surface area contributed by atoms with Crippen LogP contribution in [0.15, 0.2) is 18.2 Å². The predicted octanol–water partition coefficient (Wildman–Crippen LogP) is 2.49. The van der Waals surface area contributed by atoms with Crippen molar-refractivity contribution in [2.45, 2.75) is 32.8 Å². The summed E-state index contributed by atoms with van der Waals surface area (Å²) in [6.45, 7) is 4.39. The highest BCUT2D eigenvalue weighted by molar-refractivity contribution is 5.89. The standard InChI is InChI=1S/C14H17NO4/c1-9-3-4-10(2)12(7-9)15-6-5-11(8-13(16)17)19-14(15)18/h3-4,7,11H,5-6,8H2,1-2H3,(H,16,17). The van der Waals surface area contributed by atoms with Crippen LogP contribution >= 0.6 is 0 Å². The first kappa shape index (κ1) is 13.4. The highest BCUT2D eigenvalue weighted by atomic mass is 16.6. The van der Waals surface area contributed by atoms with Gasteiger partial charge in [-0.1, -0.05) is 12.1 Å². The van der Waals surface area contributed by atoms with E-state index < -0.39 is 18.2 Å². The van der Waals surface area contributed by atoms with Gasteiger partial charge in [0.1, 0.15) is 6.10 Å². The average Bonchev–Trinajstić information content (AvgIpc) is 2.32. The number of aliphatic carboxylic acids is 1. The van der Waals surface area contributed by atoms with Crippen molar-refractivity contribution in [1.82, 2.24) is 0 Å². The Balaban J connectivity index is 2.13. The van der Waals surface area contributed by atoms with Gasteiger partial charge in [0.05, 0.1) is 12.1 Å². The summed E-state index contributed by atoms with van der Waals surface area (Å²) < 4.78 is 5.17. The van der Waals surface area contributed by atoms with E-state index in [0.717, 1.165) is 16.8 Å². The number of aryl methyl sites for hydroxylation is 2. The molecule has 1 aromatic rings. The molecule has 0 radical (unpaired) electrons. The Labute approximate surface area is 111 Å². The van der Waals surface area contributed by atoms with Gasteiger partial charge >= 0.3 is 12.1 Å². The molecule has 0 bridgehead atoms. The highest BCUT2D eigenvalue weighted by Gasteiger charge is 2.30. The van der Waals surface area contributed by atoms with Crippen molar-refractivity contribution >= 4 is 17.7 Å². The van der Waals surface area contributed by atoms with E-state index >= 15 is 0 Å². The molecule has 2 rings (SSSR count). The van der Waals surface area contributed by atoms with Gasteiger partial charge in [0.2, 0.25) is 0 Å². The number of rotatable bonds is 3. The van der Waals surface area contributed by atoms with Crippen LogP contribution in [0.1, 0.15) is 24.0 Å². The maximum absolute atomic E-state index is 12.0. The molecule has 1 aliphatic heterocycles. The number of carboxylic acid groups (broad SMARTS) is 1. The van der Waals surface area contributed by atoms with Crippen molar-refractivity contribution in [3.63, 3.8) is 0 Å². The lowest BCUT2D eigenvalue weighted by Gasteiger charge is -2.32. The Kier molecular flexibility index (Phi) is 3.74. The molecule has 102 valence electrons. The van der Waals surface area contributed by atoms with E-state index in [1.54, 1.807) is 4.90 Å². The van der Waals surface area contributed by atoms with Crippen molar-refractivity contribution in [3.05, 3.63) is 29.3 Å². The second-order valence-electron chi connectivity index (χ2n) is 4.83. The van der Waals surface area contributed by atoms with Crippen LogP contribution in [0.3, 0.4) is 0 Å². The van der Waals surface area contributed by atoms with Gasteiger partial charge in [-0.3, -0.25) is 9.69 Å². The number of cyclic esters (lactones) is 1. The number of carbonyl (C=O) groups is 2. The highest BCUT2D eigenvalue weighted by Crippen LogP contribution is 2.26. The maximum atomic E-state index is 12.0. The van der Waals surface area contributed by atoms with E-state index in [4.69, 9.17) is 9.84 Å². The second kappa shape index (κ2) is 5.30. The third-order valence-corrected chi connectivity index (χ3v) is 3.22. The molecular formula is C14H17NO4. The fourth-order valence-electron chi connectivity index (χ4n) is 2.20. The Hall–Kier alpha value is -2.04. The number of nitrogens with zero attached hydrogens (tertiary/aromatic N) is 1. The molecule has 19 heavy (non-hydrogen) atoms. The van der Waals surface area contributed by atoms with Gasteiger partial charge in [0, 0.05) is 13.0 Å². The van der Waals surface area contributed by atoms with E-state index in [1.807, 2.05) is 32.0 Å². The Morgan fingerprint density at radius 1 is 1.47 bits per heavy atom. The smallest absolute Gasteiger partial charge is 0.414 e. The summed E-state index contributed by atoms with van der Waals surface area (Å²) >= 11 is 0. The molecule has 1 aliphatic rings. The SMILES string of the molecule is Cc1ccc(C)c(N2CCC(CC(=O)O)OC2=O)c1. The van der Waals surface area contributed by atoms with Gasteiger partial charge in [0.25, 0.3) is 0 Å². The van der Waals surface area contributed by atoms with Gasteiger partial charge in [0.15, 0.2) is 0 Å². The zero-order chi connectivity index (χ0) is 14.0. The fraction of sp³-hybridized carbons (Fsp3) is 0.429. The molecule has 1 heterocycles. The monoisotopic (exact) mass is 263 g/mol. The van der Waals surface area contributed by atoms with E-state index in [0.29, 0.717) is 13.0 Å². The van der Waals surface area contributed by atoms with Crippen molar-refractivity contribution < 1.29 is 19.4 Å². The molecule has 1 fully saturated rings. The van der Waals surface area contributed by atoms with Crippen LogP contribution in [-0.2, 0) is 9.53 Å². The topological polar surface area (TPSA) is 66.8 Å². The molecule has 1 saturated heterocycles. The summed E-state index contributed by atoms with van der Waals surface area (Å²) in [7, 11) is 0. The van der Waals surface area contributed by atoms with Crippen molar-refractivity contribution in [2.24, 2.45) is 0 Å². The van der Waals surface area contributed by atoms with Gasteiger partial charge in [-0.2, -0.15) is 0 Å². The molecule has 5 nitrogen and oxygen atoms in total. The number of ether oxygens (including phenoxy) is 1. The average molecular weight is 263 g/mol. The molecule has 1 aromatic carbocycles.